The number of benzene rings is 2. The maximum atomic E-state index is 13.3. The van der Waals surface area contributed by atoms with Gasteiger partial charge in [-0.25, -0.2) is 4.79 Å². The average molecular weight is 363 g/mol. The third-order valence-corrected chi connectivity index (χ3v) is 5.09. The summed E-state index contributed by atoms with van der Waals surface area (Å²) < 4.78 is 39.9. The Morgan fingerprint density at radius 1 is 1.19 bits per heavy atom. The van der Waals surface area contributed by atoms with Gasteiger partial charge in [0.25, 0.3) is 0 Å². The lowest BCUT2D eigenvalue weighted by Crippen LogP contribution is -2.40. The number of hydrogen-bond acceptors (Lipinski definition) is 1. The van der Waals surface area contributed by atoms with E-state index in [1.807, 2.05) is 13.8 Å². The van der Waals surface area contributed by atoms with Crippen LogP contribution in [0, 0.1) is 5.41 Å². The van der Waals surface area contributed by atoms with Crippen LogP contribution in [0.2, 0.25) is 0 Å². The van der Waals surface area contributed by atoms with Crippen LogP contribution in [0.3, 0.4) is 0 Å². The first kappa shape index (κ1) is 18.3. The van der Waals surface area contributed by atoms with Crippen LogP contribution in [0.4, 0.5) is 18.0 Å². The van der Waals surface area contributed by atoms with Crippen molar-refractivity contribution in [1.29, 1.82) is 0 Å². The number of halogens is 3. The van der Waals surface area contributed by atoms with Crippen molar-refractivity contribution in [2.45, 2.75) is 38.9 Å². The average Bonchev–Trinajstić information content (AvgIpc) is 2.56. The zero-order chi connectivity index (χ0) is 19.1. The van der Waals surface area contributed by atoms with Crippen LogP contribution in [-0.4, -0.2) is 11.2 Å². The van der Waals surface area contributed by atoms with Crippen LogP contribution in [0.5, 0.6) is 0 Å². The SMILES string of the molecule is CC1(C)CCc2cc(-c3ccccc3C(F)(F)F)ccc2[C@H]1NC(=O)O. The highest BCUT2D eigenvalue weighted by Crippen LogP contribution is 2.45. The summed E-state index contributed by atoms with van der Waals surface area (Å²) in [6.07, 6.45) is -4.10. The topological polar surface area (TPSA) is 49.3 Å². The second-order valence-electron chi connectivity index (χ2n) is 7.33. The van der Waals surface area contributed by atoms with Crippen LogP contribution in [0.1, 0.15) is 43.0 Å². The van der Waals surface area contributed by atoms with Crippen LogP contribution < -0.4 is 5.32 Å². The molecule has 0 radical (unpaired) electrons. The van der Waals surface area contributed by atoms with Gasteiger partial charge in [0.05, 0.1) is 11.6 Å². The zero-order valence-electron chi connectivity index (χ0n) is 14.5. The maximum absolute atomic E-state index is 13.3. The molecule has 1 amide bonds. The van der Waals surface area contributed by atoms with Gasteiger partial charge in [0.15, 0.2) is 0 Å². The number of nitrogens with one attached hydrogen (secondary N) is 1. The van der Waals surface area contributed by atoms with Gasteiger partial charge in [-0.2, -0.15) is 13.2 Å². The lowest BCUT2D eigenvalue weighted by molar-refractivity contribution is -0.137. The zero-order valence-corrected chi connectivity index (χ0v) is 14.5. The first-order valence-electron chi connectivity index (χ1n) is 8.38. The highest BCUT2D eigenvalue weighted by molar-refractivity contribution is 5.70. The molecule has 138 valence electrons. The number of amides is 1. The summed E-state index contributed by atoms with van der Waals surface area (Å²) >= 11 is 0. The number of carboxylic acid groups (broad SMARTS) is 1. The smallest absolute Gasteiger partial charge is 0.417 e. The van der Waals surface area contributed by atoms with Gasteiger partial charge in [-0.15, -0.1) is 0 Å². The van der Waals surface area contributed by atoms with E-state index >= 15 is 0 Å². The van der Waals surface area contributed by atoms with Gasteiger partial charge in [-0.3, -0.25) is 0 Å². The number of aryl methyl sites for hydroxylation is 1. The molecule has 3 rings (SSSR count). The van der Waals surface area contributed by atoms with Crippen LogP contribution in [0.15, 0.2) is 42.5 Å². The summed E-state index contributed by atoms with van der Waals surface area (Å²) in [4.78, 5) is 11.2. The number of fused-ring (bicyclic) bond motifs is 1. The number of carbonyl (C=O) groups is 1. The summed E-state index contributed by atoms with van der Waals surface area (Å²) in [6, 6.07) is 10.3. The minimum absolute atomic E-state index is 0.135. The molecular formula is C20H20F3NO2. The van der Waals surface area contributed by atoms with Gasteiger partial charge in [0.1, 0.15) is 0 Å². The fourth-order valence-corrected chi connectivity index (χ4v) is 3.67. The largest absolute Gasteiger partial charge is 0.465 e. The first-order valence-corrected chi connectivity index (χ1v) is 8.38. The number of rotatable bonds is 2. The summed E-state index contributed by atoms with van der Waals surface area (Å²) in [7, 11) is 0. The van der Waals surface area contributed by atoms with Gasteiger partial charge in [0, 0.05) is 0 Å². The van der Waals surface area contributed by atoms with Crippen molar-refractivity contribution in [3.05, 3.63) is 59.2 Å². The molecule has 0 fully saturated rings. The first-order chi connectivity index (χ1) is 12.1. The molecule has 26 heavy (non-hydrogen) atoms. The Labute approximate surface area is 149 Å². The fourth-order valence-electron chi connectivity index (χ4n) is 3.67. The molecule has 0 saturated carbocycles. The standard InChI is InChI=1S/C20H20F3NO2/c1-19(2)10-9-13-11-12(7-8-15(13)17(19)24-18(25)26)14-5-3-4-6-16(14)20(21,22)23/h3-8,11,17,24H,9-10H2,1-2H3,(H,25,26)/t17-/m1/s1. The van der Waals surface area contributed by atoms with E-state index in [4.69, 9.17) is 5.11 Å². The molecule has 2 aromatic rings. The van der Waals surface area contributed by atoms with Crippen molar-refractivity contribution in [3.63, 3.8) is 0 Å². The summed E-state index contributed by atoms with van der Waals surface area (Å²) in [5, 5.41) is 11.7. The Kier molecular flexibility index (Phi) is 4.46. The molecule has 0 bridgehead atoms. The molecule has 0 unspecified atom stereocenters. The number of hydrogen-bond donors (Lipinski definition) is 2. The van der Waals surface area contributed by atoms with Gasteiger partial charge in [-0.05, 0) is 46.6 Å². The minimum Gasteiger partial charge on any atom is -0.465 e. The molecule has 0 aromatic heterocycles. The predicted octanol–water partition coefficient (Wildman–Crippen LogP) is 5.65. The molecule has 2 N–H and O–H groups in total. The summed E-state index contributed by atoms with van der Waals surface area (Å²) in [5.41, 5.74) is 1.41. The van der Waals surface area contributed by atoms with E-state index in [9.17, 15) is 18.0 Å². The lowest BCUT2D eigenvalue weighted by Gasteiger charge is -2.40. The van der Waals surface area contributed by atoms with Gasteiger partial charge < -0.3 is 10.4 Å². The molecule has 1 aliphatic rings. The fraction of sp³-hybridized carbons (Fsp3) is 0.350. The van der Waals surface area contributed by atoms with Crippen molar-refractivity contribution in [2.75, 3.05) is 0 Å². The molecule has 2 aromatic carbocycles. The second-order valence-corrected chi connectivity index (χ2v) is 7.33. The molecule has 1 atom stereocenters. The molecule has 6 heteroatoms. The van der Waals surface area contributed by atoms with Crippen molar-refractivity contribution < 1.29 is 23.1 Å². The highest BCUT2D eigenvalue weighted by Gasteiger charge is 2.38. The van der Waals surface area contributed by atoms with Crippen LogP contribution in [-0.2, 0) is 12.6 Å². The molecular weight excluding hydrogens is 343 g/mol. The quantitative estimate of drug-likeness (QED) is 0.724. The van der Waals surface area contributed by atoms with Crippen molar-refractivity contribution in [2.24, 2.45) is 5.41 Å². The maximum Gasteiger partial charge on any atom is 0.417 e. The predicted molar refractivity (Wildman–Crippen MR) is 92.9 cm³/mol. The van der Waals surface area contributed by atoms with Crippen molar-refractivity contribution in [1.82, 2.24) is 5.32 Å². The molecule has 0 heterocycles. The monoisotopic (exact) mass is 363 g/mol. The Morgan fingerprint density at radius 2 is 1.88 bits per heavy atom. The molecule has 0 aliphatic heterocycles. The minimum atomic E-state index is -4.43. The molecule has 1 aliphatic carbocycles. The van der Waals surface area contributed by atoms with Crippen LogP contribution >= 0.6 is 0 Å². The normalized spacial score (nSPS) is 18.9. The highest BCUT2D eigenvalue weighted by atomic mass is 19.4. The Hall–Kier alpha value is -2.50. The van der Waals surface area contributed by atoms with Gasteiger partial charge in [-0.1, -0.05) is 50.2 Å². The summed E-state index contributed by atoms with van der Waals surface area (Å²) in [5.74, 6) is 0. The van der Waals surface area contributed by atoms with Gasteiger partial charge in [0.2, 0.25) is 0 Å². The third-order valence-electron chi connectivity index (χ3n) is 5.09. The van der Waals surface area contributed by atoms with E-state index in [1.54, 1.807) is 24.3 Å². The Balaban J connectivity index is 2.08. The molecule has 3 nitrogen and oxygen atoms in total. The number of alkyl halides is 3. The molecule has 0 spiro atoms. The molecule has 0 saturated heterocycles. The Bertz CT molecular complexity index is 843. The van der Waals surface area contributed by atoms with E-state index < -0.39 is 23.9 Å². The second kappa shape index (κ2) is 6.34. The van der Waals surface area contributed by atoms with E-state index in [0.29, 0.717) is 12.0 Å². The van der Waals surface area contributed by atoms with Crippen LogP contribution in [0.25, 0.3) is 11.1 Å². The van der Waals surface area contributed by atoms with Crippen molar-refractivity contribution >= 4 is 6.09 Å². The van der Waals surface area contributed by atoms with Crippen molar-refractivity contribution in [3.8, 4) is 11.1 Å². The van der Waals surface area contributed by atoms with E-state index in [0.717, 1.165) is 23.6 Å². The van der Waals surface area contributed by atoms with E-state index in [2.05, 4.69) is 5.32 Å². The van der Waals surface area contributed by atoms with E-state index in [-0.39, 0.29) is 11.0 Å². The lowest BCUT2D eigenvalue weighted by atomic mass is 9.70. The summed E-state index contributed by atoms with van der Waals surface area (Å²) in [6.45, 7) is 3.98. The van der Waals surface area contributed by atoms with Gasteiger partial charge >= 0.3 is 12.3 Å². The Morgan fingerprint density at radius 3 is 2.54 bits per heavy atom. The van der Waals surface area contributed by atoms with E-state index in [1.165, 1.54) is 12.1 Å². The third kappa shape index (κ3) is 3.41.